The van der Waals surface area contributed by atoms with Gasteiger partial charge in [-0.15, -0.1) is 0 Å². The highest BCUT2D eigenvalue weighted by molar-refractivity contribution is 6.14. The Morgan fingerprint density at radius 1 is 1.11 bits per heavy atom. The van der Waals surface area contributed by atoms with E-state index in [0.29, 0.717) is 0 Å². The van der Waals surface area contributed by atoms with Gasteiger partial charge in [0.05, 0.1) is 5.56 Å². The van der Waals surface area contributed by atoms with Gasteiger partial charge in [-0.3, -0.25) is 9.59 Å². The molecule has 1 unspecified atom stereocenters. The Hall–Kier alpha value is -1.65. The fraction of sp³-hybridized carbons (Fsp3) is 0.385. The molecular formula is C13H13F3O2. The molecule has 0 aliphatic rings. The molecule has 0 amide bonds. The van der Waals surface area contributed by atoms with Gasteiger partial charge in [-0.05, 0) is 12.1 Å². The Morgan fingerprint density at radius 2 is 1.56 bits per heavy atom. The van der Waals surface area contributed by atoms with Crippen molar-refractivity contribution in [3.8, 4) is 0 Å². The van der Waals surface area contributed by atoms with Crippen LogP contribution >= 0.6 is 0 Å². The number of benzene rings is 1. The normalized spacial score (nSPS) is 13.2. The molecule has 0 saturated heterocycles. The van der Waals surface area contributed by atoms with E-state index in [0.717, 1.165) is 18.2 Å². The van der Waals surface area contributed by atoms with Gasteiger partial charge in [-0.25, -0.2) is 13.2 Å². The third-order valence-corrected chi connectivity index (χ3v) is 2.41. The Kier molecular flexibility index (Phi) is 3.94. The average molecular weight is 258 g/mol. The fourth-order valence-corrected chi connectivity index (χ4v) is 1.36. The first-order valence-corrected chi connectivity index (χ1v) is 5.33. The first-order chi connectivity index (χ1) is 8.16. The number of carbonyl (C=O) groups excluding carboxylic acids is 2. The van der Waals surface area contributed by atoms with Crippen molar-refractivity contribution in [3.05, 3.63) is 35.4 Å². The van der Waals surface area contributed by atoms with Crippen molar-refractivity contribution < 1.29 is 22.8 Å². The summed E-state index contributed by atoms with van der Waals surface area (Å²) < 4.78 is 40.3. The van der Waals surface area contributed by atoms with Crippen LogP contribution in [-0.2, 0) is 4.79 Å². The Morgan fingerprint density at radius 3 is 1.94 bits per heavy atom. The van der Waals surface area contributed by atoms with E-state index < -0.39 is 40.4 Å². The van der Waals surface area contributed by atoms with E-state index in [1.165, 1.54) is 20.8 Å². The molecule has 0 aromatic heterocycles. The van der Waals surface area contributed by atoms with Gasteiger partial charge in [-0.1, -0.05) is 26.8 Å². The van der Waals surface area contributed by atoms with Gasteiger partial charge in [0, 0.05) is 5.41 Å². The van der Waals surface area contributed by atoms with Crippen LogP contribution in [-0.4, -0.2) is 17.7 Å². The summed E-state index contributed by atoms with van der Waals surface area (Å²) in [5.41, 5.74) is -2.11. The molecule has 0 N–H and O–H groups in total. The molecule has 1 atom stereocenters. The van der Waals surface area contributed by atoms with E-state index >= 15 is 0 Å². The van der Waals surface area contributed by atoms with Crippen LogP contribution < -0.4 is 0 Å². The minimum absolute atomic E-state index is 0.838. The van der Waals surface area contributed by atoms with Gasteiger partial charge >= 0.3 is 0 Å². The summed E-state index contributed by atoms with van der Waals surface area (Å²) in [6.07, 6.45) is -2.56. The lowest BCUT2D eigenvalue weighted by Crippen LogP contribution is -2.36. The molecule has 5 heteroatoms. The first-order valence-electron chi connectivity index (χ1n) is 5.33. The quantitative estimate of drug-likeness (QED) is 0.616. The largest absolute Gasteiger partial charge is 0.295 e. The van der Waals surface area contributed by atoms with Crippen LogP contribution in [0.5, 0.6) is 0 Å². The van der Waals surface area contributed by atoms with Crippen LogP contribution in [0, 0.1) is 17.0 Å². The van der Waals surface area contributed by atoms with Gasteiger partial charge in [0.25, 0.3) is 0 Å². The van der Waals surface area contributed by atoms with Crippen molar-refractivity contribution in [1.29, 1.82) is 0 Å². The van der Waals surface area contributed by atoms with Crippen LogP contribution in [0.15, 0.2) is 18.2 Å². The summed E-state index contributed by atoms with van der Waals surface area (Å²) in [6, 6.07) is 2.73. The molecular weight excluding hydrogens is 245 g/mol. The predicted octanol–water partition coefficient (Wildman–Crippen LogP) is 3.10. The highest BCUT2D eigenvalue weighted by Crippen LogP contribution is 2.23. The van der Waals surface area contributed by atoms with Crippen LogP contribution in [0.4, 0.5) is 13.2 Å². The minimum atomic E-state index is -2.56. The molecule has 0 saturated carbocycles. The first kappa shape index (κ1) is 14.4. The summed E-state index contributed by atoms with van der Waals surface area (Å²) in [6.45, 7) is 4.27. The monoisotopic (exact) mass is 258 g/mol. The molecule has 0 aliphatic carbocycles. The van der Waals surface area contributed by atoms with Crippen molar-refractivity contribution in [2.75, 3.05) is 0 Å². The van der Waals surface area contributed by atoms with E-state index in [9.17, 15) is 22.8 Å². The molecule has 1 aromatic rings. The van der Waals surface area contributed by atoms with Crippen LogP contribution in [0.25, 0.3) is 0 Å². The second-order valence-electron chi connectivity index (χ2n) is 4.94. The van der Waals surface area contributed by atoms with Crippen molar-refractivity contribution >= 4 is 11.6 Å². The molecule has 0 aliphatic heterocycles. The van der Waals surface area contributed by atoms with Gasteiger partial charge in [0.1, 0.15) is 11.6 Å². The van der Waals surface area contributed by atoms with Crippen LogP contribution in [0.1, 0.15) is 31.1 Å². The van der Waals surface area contributed by atoms with Gasteiger partial charge in [-0.2, -0.15) is 0 Å². The van der Waals surface area contributed by atoms with E-state index in [4.69, 9.17) is 0 Å². The second kappa shape index (κ2) is 4.92. The van der Waals surface area contributed by atoms with Gasteiger partial charge < -0.3 is 0 Å². The number of halogens is 3. The maximum Gasteiger partial charge on any atom is 0.221 e. The topological polar surface area (TPSA) is 34.1 Å². The van der Waals surface area contributed by atoms with Crippen LogP contribution in [0.3, 0.4) is 0 Å². The molecule has 0 bridgehead atoms. The molecule has 0 radical (unpaired) electrons. The van der Waals surface area contributed by atoms with Crippen molar-refractivity contribution in [2.45, 2.75) is 26.9 Å². The van der Waals surface area contributed by atoms with Crippen molar-refractivity contribution in [1.82, 2.24) is 0 Å². The summed E-state index contributed by atoms with van der Waals surface area (Å²) in [4.78, 5) is 23.2. The standard InChI is InChI=1S/C13H13F3O2/c1-13(2,3)12(18)10(16)11(17)9-7(14)5-4-6-8(9)15/h4-6,10H,1-3H3. The fourth-order valence-electron chi connectivity index (χ4n) is 1.36. The summed E-state index contributed by atoms with van der Waals surface area (Å²) in [5.74, 6) is -4.84. The maximum absolute atomic E-state index is 13.7. The molecule has 0 heterocycles. The van der Waals surface area contributed by atoms with Crippen molar-refractivity contribution in [3.63, 3.8) is 0 Å². The number of hydrogen-bond acceptors (Lipinski definition) is 2. The second-order valence-corrected chi connectivity index (χ2v) is 4.94. The van der Waals surface area contributed by atoms with E-state index in [2.05, 4.69) is 0 Å². The number of alkyl halides is 1. The molecule has 0 spiro atoms. The summed E-state index contributed by atoms with van der Waals surface area (Å²) >= 11 is 0. The van der Waals surface area contributed by atoms with E-state index in [-0.39, 0.29) is 0 Å². The third-order valence-electron chi connectivity index (χ3n) is 2.41. The van der Waals surface area contributed by atoms with Crippen LogP contribution in [0.2, 0.25) is 0 Å². The minimum Gasteiger partial charge on any atom is -0.295 e. The zero-order valence-corrected chi connectivity index (χ0v) is 10.3. The molecule has 1 aromatic carbocycles. The Bertz CT molecular complexity index is 469. The molecule has 2 nitrogen and oxygen atoms in total. The summed E-state index contributed by atoms with van der Waals surface area (Å²) in [7, 11) is 0. The van der Waals surface area contributed by atoms with E-state index in [1.807, 2.05) is 0 Å². The zero-order chi connectivity index (χ0) is 14.1. The lowest BCUT2D eigenvalue weighted by molar-refractivity contribution is -0.129. The van der Waals surface area contributed by atoms with E-state index in [1.54, 1.807) is 0 Å². The lowest BCUT2D eigenvalue weighted by Gasteiger charge is -2.18. The number of rotatable bonds is 3. The molecule has 1 rings (SSSR count). The summed E-state index contributed by atoms with van der Waals surface area (Å²) in [5, 5.41) is 0. The highest BCUT2D eigenvalue weighted by Gasteiger charge is 2.37. The zero-order valence-electron chi connectivity index (χ0n) is 10.3. The number of carbonyl (C=O) groups is 2. The van der Waals surface area contributed by atoms with Gasteiger partial charge in [0.2, 0.25) is 12.0 Å². The number of hydrogen-bond donors (Lipinski definition) is 0. The lowest BCUT2D eigenvalue weighted by atomic mass is 9.85. The number of ketones is 2. The average Bonchev–Trinajstić information content (AvgIpc) is 2.25. The molecule has 0 fully saturated rings. The Labute approximate surface area is 103 Å². The maximum atomic E-state index is 13.7. The smallest absolute Gasteiger partial charge is 0.221 e. The predicted molar refractivity (Wildman–Crippen MR) is 60.0 cm³/mol. The molecule has 18 heavy (non-hydrogen) atoms. The third kappa shape index (κ3) is 2.78. The van der Waals surface area contributed by atoms with Crippen molar-refractivity contribution in [2.24, 2.45) is 5.41 Å². The Balaban J connectivity index is 3.13. The highest BCUT2D eigenvalue weighted by atomic mass is 19.1. The van der Waals surface area contributed by atoms with Gasteiger partial charge in [0.15, 0.2) is 5.78 Å². The SMILES string of the molecule is CC(C)(C)C(=O)C(F)C(=O)c1c(F)cccc1F. The molecule has 98 valence electrons. The number of Topliss-reactive ketones (excluding diaryl/α,β-unsaturated/α-hetero) is 2.